The standard InChI is InChI=1S/C25H20Br2N2O4/c1-2-31-22-11-17(10-20(27)24(22)32-15-16-6-4-3-5-7-16)14-28-29-25(30)23-13-18-12-19(26)8-9-21(18)33-23/h3-14H,2,15H2,1H3,(H,29,30)/b28-14+. The topological polar surface area (TPSA) is 73.1 Å². The Morgan fingerprint density at radius 3 is 2.67 bits per heavy atom. The minimum atomic E-state index is -0.439. The number of carbonyl (C=O) groups excluding carboxylic acids is 1. The molecule has 0 aliphatic heterocycles. The average molecular weight is 572 g/mol. The van der Waals surface area contributed by atoms with Crippen LogP contribution in [0.4, 0.5) is 0 Å². The minimum absolute atomic E-state index is 0.182. The number of fused-ring (bicyclic) bond motifs is 1. The number of amides is 1. The monoisotopic (exact) mass is 570 g/mol. The van der Waals surface area contributed by atoms with Gasteiger partial charge in [0.25, 0.3) is 0 Å². The van der Waals surface area contributed by atoms with Crippen LogP contribution in [0.3, 0.4) is 0 Å². The quantitative estimate of drug-likeness (QED) is 0.189. The van der Waals surface area contributed by atoms with Crippen LogP contribution >= 0.6 is 31.9 Å². The smallest absolute Gasteiger partial charge is 0.307 e. The molecule has 1 aromatic heterocycles. The molecule has 1 heterocycles. The average Bonchev–Trinajstić information content (AvgIpc) is 3.23. The van der Waals surface area contributed by atoms with Gasteiger partial charge in [-0.05, 0) is 70.4 Å². The van der Waals surface area contributed by atoms with Gasteiger partial charge in [-0.2, -0.15) is 5.10 Å². The summed E-state index contributed by atoms with van der Waals surface area (Å²) in [6, 6.07) is 20.8. The maximum absolute atomic E-state index is 12.4. The summed E-state index contributed by atoms with van der Waals surface area (Å²) in [5, 5.41) is 4.89. The fourth-order valence-corrected chi connectivity index (χ4v) is 4.09. The lowest BCUT2D eigenvalue weighted by atomic mass is 10.2. The number of ether oxygens (including phenoxy) is 2. The van der Waals surface area contributed by atoms with Gasteiger partial charge in [0.05, 0.1) is 17.3 Å². The summed E-state index contributed by atoms with van der Waals surface area (Å²) in [6.07, 6.45) is 1.53. The molecule has 1 N–H and O–H groups in total. The second-order valence-corrected chi connectivity index (χ2v) is 8.80. The molecular formula is C25H20Br2N2O4. The zero-order valence-corrected chi connectivity index (χ0v) is 20.9. The van der Waals surface area contributed by atoms with Crippen molar-refractivity contribution in [3.63, 3.8) is 0 Å². The van der Waals surface area contributed by atoms with Gasteiger partial charge in [0, 0.05) is 9.86 Å². The molecule has 0 aliphatic rings. The van der Waals surface area contributed by atoms with Crippen molar-refractivity contribution in [3.05, 3.63) is 92.6 Å². The predicted molar refractivity (Wildman–Crippen MR) is 135 cm³/mol. The van der Waals surface area contributed by atoms with Gasteiger partial charge in [0.2, 0.25) is 0 Å². The second-order valence-electron chi connectivity index (χ2n) is 7.03. The van der Waals surface area contributed by atoms with Crippen LogP contribution in [0.2, 0.25) is 0 Å². The Morgan fingerprint density at radius 1 is 1.06 bits per heavy atom. The Balaban J connectivity index is 1.46. The van der Waals surface area contributed by atoms with E-state index in [2.05, 4.69) is 42.4 Å². The summed E-state index contributed by atoms with van der Waals surface area (Å²) in [5.41, 5.74) is 4.90. The normalized spacial score (nSPS) is 11.1. The first-order valence-corrected chi connectivity index (χ1v) is 11.8. The van der Waals surface area contributed by atoms with Gasteiger partial charge in [-0.15, -0.1) is 0 Å². The fourth-order valence-electron chi connectivity index (χ4n) is 3.14. The number of nitrogens with one attached hydrogen (secondary N) is 1. The van der Waals surface area contributed by atoms with E-state index in [0.29, 0.717) is 30.3 Å². The summed E-state index contributed by atoms with van der Waals surface area (Å²) >= 11 is 6.96. The fraction of sp³-hybridized carbons (Fsp3) is 0.120. The number of hydrazone groups is 1. The van der Waals surface area contributed by atoms with E-state index in [1.807, 2.05) is 61.5 Å². The first-order valence-electron chi connectivity index (χ1n) is 10.2. The van der Waals surface area contributed by atoms with Crippen LogP contribution in [0.5, 0.6) is 11.5 Å². The van der Waals surface area contributed by atoms with Crippen molar-refractivity contribution in [1.29, 1.82) is 0 Å². The van der Waals surface area contributed by atoms with E-state index in [1.165, 1.54) is 6.21 Å². The number of halogens is 2. The molecule has 4 aromatic rings. The third-order valence-corrected chi connectivity index (χ3v) is 5.72. The minimum Gasteiger partial charge on any atom is -0.490 e. The van der Waals surface area contributed by atoms with E-state index >= 15 is 0 Å². The number of carbonyl (C=O) groups is 1. The van der Waals surface area contributed by atoms with Crippen molar-refractivity contribution in [1.82, 2.24) is 5.43 Å². The van der Waals surface area contributed by atoms with Gasteiger partial charge in [-0.1, -0.05) is 46.3 Å². The molecule has 0 unspecified atom stereocenters. The lowest BCUT2D eigenvalue weighted by Crippen LogP contribution is -2.16. The molecule has 0 radical (unpaired) electrons. The number of furan rings is 1. The number of benzene rings is 3. The molecule has 0 fully saturated rings. The summed E-state index contributed by atoms with van der Waals surface area (Å²) in [6.45, 7) is 2.80. The maximum Gasteiger partial charge on any atom is 0.307 e. The summed E-state index contributed by atoms with van der Waals surface area (Å²) in [7, 11) is 0. The summed E-state index contributed by atoms with van der Waals surface area (Å²) < 4.78 is 19.0. The van der Waals surface area contributed by atoms with E-state index < -0.39 is 5.91 Å². The predicted octanol–water partition coefficient (Wildman–Crippen LogP) is 6.70. The Bertz CT molecular complexity index is 1300. The Hall–Kier alpha value is -3.10. The first kappa shape index (κ1) is 23.1. The number of rotatable bonds is 8. The van der Waals surface area contributed by atoms with Crippen molar-refractivity contribution >= 4 is 55.0 Å². The molecule has 168 valence electrons. The SMILES string of the molecule is CCOc1cc(/C=N/NC(=O)c2cc3cc(Br)ccc3o2)cc(Br)c1OCc1ccccc1. The largest absolute Gasteiger partial charge is 0.490 e. The summed E-state index contributed by atoms with van der Waals surface area (Å²) in [4.78, 5) is 12.4. The Labute approximate surface area is 207 Å². The van der Waals surface area contributed by atoms with E-state index in [4.69, 9.17) is 13.9 Å². The number of nitrogens with zero attached hydrogens (tertiary/aromatic N) is 1. The molecule has 0 saturated heterocycles. The van der Waals surface area contributed by atoms with Gasteiger partial charge in [-0.25, -0.2) is 5.43 Å². The van der Waals surface area contributed by atoms with Gasteiger partial charge >= 0.3 is 5.91 Å². The number of hydrogen-bond donors (Lipinski definition) is 1. The van der Waals surface area contributed by atoms with E-state index in [1.54, 1.807) is 12.1 Å². The van der Waals surface area contributed by atoms with Crippen molar-refractivity contribution in [3.8, 4) is 11.5 Å². The zero-order valence-electron chi connectivity index (χ0n) is 17.7. The summed E-state index contributed by atoms with van der Waals surface area (Å²) in [5.74, 6) is 0.931. The van der Waals surface area contributed by atoms with Crippen LogP contribution in [0.25, 0.3) is 11.0 Å². The molecule has 8 heteroatoms. The molecule has 0 spiro atoms. The molecular weight excluding hydrogens is 552 g/mol. The van der Waals surface area contributed by atoms with Crippen LogP contribution in [-0.4, -0.2) is 18.7 Å². The third kappa shape index (κ3) is 5.83. The molecule has 4 rings (SSSR count). The highest BCUT2D eigenvalue weighted by atomic mass is 79.9. The highest BCUT2D eigenvalue weighted by Crippen LogP contribution is 2.37. The molecule has 0 atom stereocenters. The van der Waals surface area contributed by atoms with Crippen molar-refractivity contribution in [2.45, 2.75) is 13.5 Å². The van der Waals surface area contributed by atoms with Crippen molar-refractivity contribution in [2.24, 2.45) is 5.10 Å². The van der Waals surface area contributed by atoms with Crippen molar-refractivity contribution < 1.29 is 18.7 Å². The first-order chi connectivity index (χ1) is 16.0. The van der Waals surface area contributed by atoms with Crippen molar-refractivity contribution in [2.75, 3.05) is 6.61 Å². The van der Waals surface area contributed by atoms with Crippen LogP contribution in [-0.2, 0) is 6.61 Å². The lowest BCUT2D eigenvalue weighted by Gasteiger charge is -2.14. The molecule has 1 amide bonds. The molecule has 6 nitrogen and oxygen atoms in total. The molecule has 3 aromatic carbocycles. The van der Waals surface area contributed by atoms with Gasteiger partial charge < -0.3 is 13.9 Å². The van der Waals surface area contributed by atoms with E-state index in [-0.39, 0.29) is 5.76 Å². The third-order valence-electron chi connectivity index (χ3n) is 4.64. The molecule has 0 saturated carbocycles. The van der Waals surface area contributed by atoms with Gasteiger partial charge in [0.15, 0.2) is 17.3 Å². The van der Waals surface area contributed by atoms with E-state index in [9.17, 15) is 4.79 Å². The second kappa shape index (κ2) is 10.7. The Kier molecular flexibility index (Phi) is 7.47. The van der Waals surface area contributed by atoms with Gasteiger partial charge in [0.1, 0.15) is 12.2 Å². The van der Waals surface area contributed by atoms with Crippen LogP contribution in [0.15, 0.2) is 85.2 Å². The molecule has 33 heavy (non-hydrogen) atoms. The van der Waals surface area contributed by atoms with Crippen LogP contribution in [0.1, 0.15) is 28.6 Å². The van der Waals surface area contributed by atoms with Crippen LogP contribution < -0.4 is 14.9 Å². The zero-order chi connectivity index (χ0) is 23.2. The highest BCUT2D eigenvalue weighted by molar-refractivity contribution is 9.10. The van der Waals surface area contributed by atoms with Crippen LogP contribution in [0, 0.1) is 0 Å². The number of hydrogen-bond acceptors (Lipinski definition) is 5. The lowest BCUT2D eigenvalue weighted by molar-refractivity contribution is 0.0929. The molecule has 0 aliphatic carbocycles. The van der Waals surface area contributed by atoms with E-state index in [0.717, 1.165) is 25.5 Å². The maximum atomic E-state index is 12.4. The van der Waals surface area contributed by atoms with Gasteiger partial charge in [-0.3, -0.25) is 4.79 Å². The molecule has 0 bridgehead atoms. The Morgan fingerprint density at radius 2 is 1.88 bits per heavy atom. The highest BCUT2D eigenvalue weighted by Gasteiger charge is 2.14.